The van der Waals surface area contributed by atoms with Gasteiger partial charge in [-0.3, -0.25) is 4.79 Å². The molecule has 0 amide bonds. The molecule has 0 radical (unpaired) electrons. The lowest BCUT2D eigenvalue weighted by atomic mass is 10.3. The van der Waals surface area contributed by atoms with Gasteiger partial charge in [0, 0.05) is 37.6 Å². The molecular formula is C13H23N3O2. The maximum Gasteiger partial charge on any atom is 0.293 e. The molecule has 1 aromatic rings. The van der Waals surface area contributed by atoms with Gasteiger partial charge >= 0.3 is 0 Å². The standard InChI is InChI=1S/C13H23N3O2/c1-10(2)15(7-5-9-17)12-13(18)16(11(3)4)8-6-14-12/h6,8,10-11,17H,5,7,9H2,1-4H3. The normalized spacial score (nSPS) is 11.3. The van der Waals surface area contributed by atoms with Crippen molar-refractivity contribution in [3.05, 3.63) is 22.7 Å². The summed E-state index contributed by atoms with van der Waals surface area (Å²) in [5.41, 5.74) is -0.0702. The van der Waals surface area contributed by atoms with Gasteiger partial charge < -0.3 is 14.6 Å². The number of hydrogen-bond donors (Lipinski definition) is 1. The summed E-state index contributed by atoms with van der Waals surface area (Å²) in [6.07, 6.45) is 4.00. The van der Waals surface area contributed by atoms with Crippen molar-refractivity contribution in [2.45, 2.75) is 46.2 Å². The first kappa shape index (κ1) is 14.7. The Morgan fingerprint density at radius 3 is 2.56 bits per heavy atom. The summed E-state index contributed by atoms with van der Waals surface area (Å²) < 4.78 is 1.68. The molecule has 0 aromatic carbocycles. The van der Waals surface area contributed by atoms with E-state index in [1.165, 1.54) is 0 Å². The first-order valence-corrected chi connectivity index (χ1v) is 6.43. The van der Waals surface area contributed by atoms with E-state index in [0.29, 0.717) is 18.8 Å². The zero-order valence-corrected chi connectivity index (χ0v) is 11.6. The quantitative estimate of drug-likeness (QED) is 0.833. The Morgan fingerprint density at radius 1 is 1.39 bits per heavy atom. The molecule has 0 saturated heterocycles. The van der Waals surface area contributed by atoms with Crippen molar-refractivity contribution in [1.29, 1.82) is 0 Å². The maximum absolute atomic E-state index is 12.3. The minimum absolute atomic E-state index is 0.0702. The van der Waals surface area contributed by atoms with Gasteiger partial charge in [0.2, 0.25) is 0 Å². The first-order chi connectivity index (χ1) is 8.49. The minimum Gasteiger partial charge on any atom is -0.396 e. The summed E-state index contributed by atoms with van der Waals surface area (Å²) in [4.78, 5) is 18.5. The summed E-state index contributed by atoms with van der Waals surface area (Å²) in [6, 6.07) is 0.297. The molecule has 0 aliphatic carbocycles. The molecule has 1 aromatic heterocycles. The molecule has 1 N–H and O–H groups in total. The van der Waals surface area contributed by atoms with Crippen molar-refractivity contribution in [1.82, 2.24) is 9.55 Å². The van der Waals surface area contributed by atoms with Gasteiger partial charge in [-0.1, -0.05) is 0 Å². The lowest BCUT2D eigenvalue weighted by molar-refractivity contribution is 0.288. The van der Waals surface area contributed by atoms with Crippen molar-refractivity contribution < 1.29 is 5.11 Å². The Bertz CT molecular complexity index is 426. The van der Waals surface area contributed by atoms with Crippen molar-refractivity contribution in [2.24, 2.45) is 0 Å². The number of anilines is 1. The van der Waals surface area contributed by atoms with Crippen LogP contribution in [0.3, 0.4) is 0 Å². The molecule has 0 spiro atoms. The van der Waals surface area contributed by atoms with Gasteiger partial charge in [-0.05, 0) is 34.1 Å². The van der Waals surface area contributed by atoms with Gasteiger partial charge in [0.25, 0.3) is 5.56 Å². The second kappa shape index (κ2) is 6.54. The largest absolute Gasteiger partial charge is 0.396 e. The Labute approximate surface area is 108 Å². The zero-order chi connectivity index (χ0) is 13.7. The van der Waals surface area contributed by atoms with Crippen LogP contribution in [-0.4, -0.2) is 33.9 Å². The highest BCUT2D eigenvalue weighted by atomic mass is 16.3. The van der Waals surface area contributed by atoms with Gasteiger partial charge in [-0.2, -0.15) is 0 Å². The zero-order valence-electron chi connectivity index (χ0n) is 11.6. The molecule has 0 aliphatic heterocycles. The van der Waals surface area contributed by atoms with Crippen LogP contribution in [0.4, 0.5) is 5.82 Å². The predicted octanol–water partition coefficient (Wildman–Crippen LogP) is 1.42. The van der Waals surface area contributed by atoms with E-state index in [1.807, 2.05) is 32.6 Å². The van der Waals surface area contributed by atoms with E-state index in [0.717, 1.165) is 0 Å². The lowest BCUT2D eigenvalue weighted by Crippen LogP contribution is -2.39. The monoisotopic (exact) mass is 253 g/mol. The summed E-state index contributed by atoms with van der Waals surface area (Å²) in [7, 11) is 0. The van der Waals surface area contributed by atoms with Gasteiger partial charge in [0.05, 0.1) is 0 Å². The SMILES string of the molecule is CC(C)N(CCCO)c1nccn(C(C)C)c1=O. The van der Waals surface area contributed by atoms with Crippen LogP contribution >= 0.6 is 0 Å². The molecule has 102 valence electrons. The van der Waals surface area contributed by atoms with Crippen LogP contribution in [0.15, 0.2) is 17.2 Å². The molecule has 0 bridgehead atoms. The van der Waals surface area contributed by atoms with E-state index in [1.54, 1.807) is 17.0 Å². The Kier molecular flexibility index (Phi) is 5.34. The van der Waals surface area contributed by atoms with E-state index in [-0.39, 0.29) is 24.2 Å². The van der Waals surface area contributed by atoms with E-state index in [2.05, 4.69) is 4.98 Å². The van der Waals surface area contributed by atoms with Gasteiger partial charge in [0.15, 0.2) is 5.82 Å². The second-order valence-electron chi connectivity index (χ2n) is 4.92. The molecule has 0 aliphatic rings. The number of hydrogen-bond acceptors (Lipinski definition) is 4. The molecule has 5 heteroatoms. The van der Waals surface area contributed by atoms with Crippen LogP contribution in [0.2, 0.25) is 0 Å². The summed E-state index contributed by atoms with van der Waals surface area (Å²) in [5, 5.41) is 8.93. The van der Waals surface area contributed by atoms with Crippen LogP contribution in [0, 0.1) is 0 Å². The van der Waals surface area contributed by atoms with Crippen molar-refractivity contribution >= 4 is 5.82 Å². The van der Waals surface area contributed by atoms with Gasteiger partial charge in [-0.15, -0.1) is 0 Å². The Hall–Kier alpha value is -1.36. The predicted molar refractivity (Wildman–Crippen MR) is 73.1 cm³/mol. The van der Waals surface area contributed by atoms with Crippen LogP contribution in [0.25, 0.3) is 0 Å². The van der Waals surface area contributed by atoms with Crippen LogP contribution in [-0.2, 0) is 0 Å². The highest BCUT2D eigenvalue weighted by Crippen LogP contribution is 2.10. The summed E-state index contributed by atoms with van der Waals surface area (Å²) in [6.45, 7) is 8.74. The van der Waals surface area contributed by atoms with E-state index in [4.69, 9.17) is 5.11 Å². The maximum atomic E-state index is 12.3. The molecule has 18 heavy (non-hydrogen) atoms. The molecule has 0 fully saturated rings. The topological polar surface area (TPSA) is 58.4 Å². The number of nitrogens with zero attached hydrogens (tertiary/aromatic N) is 3. The van der Waals surface area contributed by atoms with Crippen LogP contribution in [0.1, 0.15) is 40.2 Å². The average molecular weight is 253 g/mol. The highest BCUT2D eigenvalue weighted by Gasteiger charge is 2.17. The molecule has 0 atom stereocenters. The highest BCUT2D eigenvalue weighted by molar-refractivity contribution is 5.36. The van der Waals surface area contributed by atoms with Crippen LogP contribution in [0.5, 0.6) is 0 Å². The summed E-state index contributed by atoms with van der Waals surface area (Å²) >= 11 is 0. The molecule has 5 nitrogen and oxygen atoms in total. The molecule has 1 rings (SSSR count). The summed E-state index contributed by atoms with van der Waals surface area (Å²) in [5.74, 6) is 0.467. The number of rotatable bonds is 6. The first-order valence-electron chi connectivity index (χ1n) is 6.43. The van der Waals surface area contributed by atoms with Crippen molar-refractivity contribution in [2.75, 3.05) is 18.1 Å². The smallest absolute Gasteiger partial charge is 0.293 e. The number of aromatic nitrogens is 2. The minimum atomic E-state index is -0.0702. The van der Waals surface area contributed by atoms with E-state index in [9.17, 15) is 4.79 Å². The fraction of sp³-hybridized carbons (Fsp3) is 0.692. The fourth-order valence-corrected chi connectivity index (χ4v) is 1.87. The lowest BCUT2D eigenvalue weighted by Gasteiger charge is -2.27. The third kappa shape index (κ3) is 3.32. The van der Waals surface area contributed by atoms with Crippen molar-refractivity contribution in [3.8, 4) is 0 Å². The third-order valence-electron chi connectivity index (χ3n) is 2.86. The fourth-order valence-electron chi connectivity index (χ4n) is 1.87. The Morgan fingerprint density at radius 2 is 2.06 bits per heavy atom. The van der Waals surface area contributed by atoms with Crippen molar-refractivity contribution in [3.63, 3.8) is 0 Å². The molecule has 0 unspecified atom stereocenters. The van der Waals surface area contributed by atoms with E-state index >= 15 is 0 Å². The van der Waals surface area contributed by atoms with E-state index < -0.39 is 0 Å². The Balaban J connectivity index is 3.12. The molecule has 1 heterocycles. The third-order valence-corrected chi connectivity index (χ3v) is 2.86. The van der Waals surface area contributed by atoms with Gasteiger partial charge in [-0.25, -0.2) is 4.98 Å². The van der Waals surface area contributed by atoms with Gasteiger partial charge in [0.1, 0.15) is 0 Å². The molecular weight excluding hydrogens is 230 g/mol. The number of aliphatic hydroxyl groups is 1. The average Bonchev–Trinajstić information content (AvgIpc) is 2.30. The van der Waals surface area contributed by atoms with Crippen LogP contribution < -0.4 is 10.5 Å². The number of aliphatic hydroxyl groups excluding tert-OH is 1. The second-order valence-corrected chi connectivity index (χ2v) is 4.92. The molecule has 0 saturated carbocycles.